The molecule has 146 valence electrons. The van der Waals surface area contributed by atoms with Crippen LogP contribution in [-0.4, -0.2) is 31.9 Å². The van der Waals surface area contributed by atoms with Gasteiger partial charge in [-0.3, -0.25) is 0 Å². The Morgan fingerprint density at radius 3 is 1.97 bits per heavy atom. The van der Waals surface area contributed by atoms with Crippen LogP contribution in [0.15, 0.2) is 54.1 Å². The van der Waals surface area contributed by atoms with Crippen LogP contribution < -0.4 is 0 Å². The van der Waals surface area contributed by atoms with Crippen molar-refractivity contribution in [1.82, 2.24) is 24.8 Å². The van der Waals surface area contributed by atoms with Crippen molar-refractivity contribution in [3.63, 3.8) is 0 Å². The number of thioether (sulfide) groups is 1. The Morgan fingerprint density at radius 1 is 0.767 bits per heavy atom. The van der Waals surface area contributed by atoms with Gasteiger partial charge in [-0.2, -0.15) is 0 Å². The van der Waals surface area contributed by atoms with Gasteiger partial charge >= 0.3 is 0 Å². The predicted molar refractivity (Wildman–Crippen MR) is 126 cm³/mol. The molecule has 1 atom stereocenters. The minimum Gasteiger partial charge on any atom is -0.364 e. The second-order valence-corrected chi connectivity index (χ2v) is 8.56. The van der Waals surface area contributed by atoms with Crippen molar-refractivity contribution in [2.24, 2.45) is 0 Å². The first-order valence-corrected chi connectivity index (χ1v) is 10.8. The smallest absolute Gasteiger partial charge is 0.106 e. The summed E-state index contributed by atoms with van der Waals surface area (Å²) in [6, 6.07) is 14.7. The Balaban J connectivity index is 1.64. The second-order valence-electron chi connectivity index (χ2n) is 7.57. The molecule has 8 bridgehead atoms. The highest BCUT2D eigenvalue weighted by molar-refractivity contribution is 8.02. The molecule has 0 aromatic carbocycles. The number of nitrogens with one attached hydrogen (secondary N) is 2. The maximum Gasteiger partial charge on any atom is 0.106 e. The van der Waals surface area contributed by atoms with E-state index in [-0.39, 0.29) is 5.37 Å². The van der Waals surface area contributed by atoms with Gasteiger partial charge in [0.05, 0.1) is 22.8 Å². The maximum atomic E-state index is 4.79. The molecule has 30 heavy (non-hydrogen) atoms. The zero-order valence-corrected chi connectivity index (χ0v) is 17.1. The van der Waals surface area contributed by atoms with Crippen molar-refractivity contribution >= 4 is 58.1 Å². The summed E-state index contributed by atoms with van der Waals surface area (Å²) >= 11 is 1.81. The van der Waals surface area contributed by atoms with Gasteiger partial charge in [-0.05, 0) is 72.2 Å². The van der Waals surface area contributed by atoms with Crippen molar-refractivity contribution < 1.29 is 0 Å². The normalized spacial score (nSPS) is 17.2. The Kier molecular flexibility index (Phi) is 3.92. The highest BCUT2D eigenvalue weighted by Gasteiger charge is 2.21. The van der Waals surface area contributed by atoms with Gasteiger partial charge in [-0.15, -0.1) is 11.8 Å². The summed E-state index contributed by atoms with van der Waals surface area (Å²) in [5.41, 5.74) is 9.14. The molecule has 3 aromatic heterocycles. The molecule has 0 aliphatic carbocycles. The van der Waals surface area contributed by atoms with Crippen molar-refractivity contribution in [3.05, 3.63) is 82.4 Å². The number of aromatic nitrogens is 4. The molecule has 6 heterocycles. The molecule has 0 saturated carbocycles. The van der Waals surface area contributed by atoms with Gasteiger partial charge in [-0.1, -0.05) is 0 Å². The SMILES string of the molecule is CN1C=CSC1c1cc2cc3nc(cc4ccc(cc5nc(cc1[nH]2)C=C5)[nH]4)C=C3. The molecule has 6 rings (SSSR count). The van der Waals surface area contributed by atoms with Crippen LogP contribution in [0, 0.1) is 0 Å². The highest BCUT2D eigenvalue weighted by atomic mass is 32.2. The largest absolute Gasteiger partial charge is 0.364 e. The van der Waals surface area contributed by atoms with Crippen LogP contribution in [0.25, 0.3) is 46.4 Å². The van der Waals surface area contributed by atoms with E-state index in [4.69, 9.17) is 9.97 Å². The van der Waals surface area contributed by atoms with Gasteiger partial charge in [0.15, 0.2) is 0 Å². The molecule has 3 aromatic rings. The van der Waals surface area contributed by atoms with E-state index in [0.717, 1.165) is 44.8 Å². The fraction of sp³-hybridized carbons (Fsp3) is 0.0833. The van der Waals surface area contributed by atoms with Crippen LogP contribution in [-0.2, 0) is 0 Å². The fourth-order valence-electron chi connectivity index (χ4n) is 3.92. The van der Waals surface area contributed by atoms with E-state index in [1.165, 1.54) is 5.56 Å². The molecule has 0 radical (unpaired) electrons. The Labute approximate surface area is 177 Å². The van der Waals surface area contributed by atoms with E-state index in [9.17, 15) is 0 Å². The van der Waals surface area contributed by atoms with Crippen LogP contribution in [0.3, 0.4) is 0 Å². The van der Waals surface area contributed by atoms with Gasteiger partial charge in [0.1, 0.15) is 5.37 Å². The first-order chi connectivity index (χ1) is 14.7. The summed E-state index contributed by atoms with van der Waals surface area (Å²) in [6.07, 6.45) is 10.3. The van der Waals surface area contributed by atoms with Gasteiger partial charge in [0, 0.05) is 40.9 Å². The van der Waals surface area contributed by atoms with Crippen LogP contribution in [0.2, 0.25) is 0 Å². The Hall–Kier alpha value is -3.51. The van der Waals surface area contributed by atoms with Gasteiger partial charge < -0.3 is 14.9 Å². The summed E-state index contributed by atoms with van der Waals surface area (Å²) in [5.74, 6) is 0. The Morgan fingerprint density at radius 2 is 1.37 bits per heavy atom. The summed E-state index contributed by atoms with van der Waals surface area (Å²) in [4.78, 5) is 18.7. The molecule has 5 nitrogen and oxygen atoms in total. The molecule has 0 fully saturated rings. The molecule has 0 spiro atoms. The number of fused-ring (bicyclic) bond motifs is 8. The maximum absolute atomic E-state index is 4.79. The van der Waals surface area contributed by atoms with Crippen LogP contribution >= 0.6 is 11.8 Å². The Bertz CT molecular complexity index is 1410. The first kappa shape index (κ1) is 17.4. The van der Waals surface area contributed by atoms with E-state index >= 15 is 0 Å². The molecule has 0 amide bonds. The lowest BCUT2D eigenvalue weighted by molar-refractivity contribution is 0.451. The molecule has 3 aliphatic rings. The van der Waals surface area contributed by atoms with Crippen LogP contribution in [0.1, 0.15) is 33.7 Å². The average Bonchev–Trinajstić information content (AvgIpc) is 3.51. The molecular weight excluding hydrogens is 390 g/mol. The van der Waals surface area contributed by atoms with Crippen LogP contribution in [0.4, 0.5) is 0 Å². The molecule has 1 unspecified atom stereocenters. The van der Waals surface area contributed by atoms with Crippen molar-refractivity contribution in [1.29, 1.82) is 0 Å². The standard InChI is InChI=1S/C24H19N5S/c1-29-8-9-30-24(29)22-13-21-12-19-5-4-17(26-19)10-15-2-3-16(25-15)11-18-6-7-20(27-18)14-23(22)28-21/h2-14,24-25,28H,1H3. The molecule has 2 N–H and O–H groups in total. The summed E-state index contributed by atoms with van der Waals surface area (Å²) in [6.45, 7) is 0. The molecular formula is C24H19N5S. The lowest BCUT2D eigenvalue weighted by atomic mass is 10.2. The molecule has 0 saturated heterocycles. The number of hydrogen-bond donors (Lipinski definition) is 2. The van der Waals surface area contributed by atoms with E-state index < -0.39 is 0 Å². The van der Waals surface area contributed by atoms with Gasteiger partial charge in [-0.25, -0.2) is 9.97 Å². The second kappa shape index (κ2) is 6.78. The van der Waals surface area contributed by atoms with E-state index in [0.29, 0.717) is 0 Å². The summed E-state index contributed by atoms with van der Waals surface area (Å²) in [5, 5.41) is 2.38. The third-order valence-corrected chi connectivity index (χ3v) is 6.46. The lowest BCUT2D eigenvalue weighted by Crippen LogP contribution is -2.11. The quantitative estimate of drug-likeness (QED) is 0.367. The third-order valence-electron chi connectivity index (χ3n) is 5.34. The van der Waals surface area contributed by atoms with Gasteiger partial charge in [0.2, 0.25) is 0 Å². The highest BCUT2D eigenvalue weighted by Crippen LogP contribution is 2.40. The van der Waals surface area contributed by atoms with Crippen molar-refractivity contribution in [2.45, 2.75) is 5.37 Å². The summed E-state index contributed by atoms with van der Waals surface area (Å²) < 4.78 is 0. The predicted octanol–water partition coefficient (Wildman–Crippen LogP) is 5.80. The monoisotopic (exact) mass is 409 g/mol. The van der Waals surface area contributed by atoms with Crippen LogP contribution in [0.5, 0.6) is 0 Å². The van der Waals surface area contributed by atoms with Crippen molar-refractivity contribution in [2.75, 3.05) is 7.05 Å². The minimum atomic E-state index is 0.242. The number of hydrogen-bond acceptors (Lipinski definition) is 4. The van der Waals surface area contributed by atoms with Crippen molar-refractivity contribution in [3.8, 4) is 0 Å². The summed E-state index contributed by atoms with van der Waals surface area (Å²) in [7, 11) is 2.11. The number of H-pyrrole nitrogens is 2. The number of aromatic amines is 2. The molecule has 3 aliphatic heterocycles. The molecule has 6 heteroatoms. The van der Waals surface area contributed by atoms with E-state index in [1.807, 2.05) is 30.0 Å². The third kappa shape index (κ3) is 3.15. The zero-order valence-electron chi connectivity index (χ0n) is 16.3. The lowest BCUT2D eigenvalue weighted by Gasteiger charge is -2.19. The minimum absolute atomic E-state index is 0.242. The fourth-order valence-corrected chi connectivity index (χ4v) is 4.93. The first-order valence-electron chi connectivity index (χ1n) is 9.82. The zero-order chi connectivity index (χ0) is 20.1. The van der Waals surface area contributed by atoms with E-state index in [1.54, 1.807) is 0 Å². The van der Waals surface area contributed by atoms with E-state index in [2.05, 4.69) is 82.1 Å². The van der Waals surface area contributed by atoms with Gasteiger partial charge in [0.25, 0.3) is 0 Å². The topological polar surface area (TPSA) is 60.6 Å². The average molecular weight is 410 g/mol. The number of rotatable bonds is 1. The number of nitrogens with zero attached hydrogens (tertiary/aromatic N) is 3.